The van der Waals surface area contributed by atoms with Crippen molar-refractivity contribution in [3.05, 3.63) is 77.6 Å². The second-order valence-corrected chi connectivity index (χ2v) is 7.71. The Labute approximate surface area is 177 Å². The molecule has 2 amide bonds. The Morgan fingerprint density at radius 2 is 1.71 bits per heavy atom. The third-order valence-electron chi connectivity index (χ3n) is 5.78. The number of ether oxygens (including phenoxy) is 2. The number of hydrogen-bond donors (Lipinski definition) is 1. The molecule has 5 rings (SSSR count). The van der Waals surface area contributed by atoms with E-state index in [-0.39, 0.29) is 24.0 Å². The third-order valence-corrected chi connectivity index (χ3v) is 5.78. The third kappa shape index (κ3) is 3.38. The Hall–Kier alpha value is -3.87. The lowest BCUT2D eigenvalue weighted by Crippen LogP contribution is -2.28. The van der Waals surface area contributed by atoms with Crippen molar-refractivity contribution in [1.82, 2.24) is 5.73 Å². The van der Waals surface area contributed by atoms with Gasteiger partial charge in [0.25, 0.3) is 5.91 Å². The minimum Gasteiger partial charge on any atom is -0.454 e. The fourth-order valence-electron chi connectivity index (χ4n) is 3.85. The maximum Gasteiger partial charge on any atom is 0.269 e. The quantitative estimate of drug-likeness (QED) is 0.670. The van der Waals surface area contributed by atoms with Gasteiger partial charge < -0.3 is 14.8 Å². The Bertz CT molecular complexity index is 1220. The number of fused-ring (bicyclic) bond motifs is 1. The van der Waals surface area contributed by atoms with Crippen molar-refractivity contribution in [2.24, 2.45) is 0 Å². The Balaban J connectivity index is 1.42. The van der Waals surface area contributed by atoms with Crippen molar-refractivity contribution in [3.8, 4) is 22.6 Å². The van der Waals surface area contributed by atoms with Crippen LogP contribution >= 0.6 is 0 Å². The molecule has 3 aromatic carbocycles. The Kier molecular flexibility index (Phi) is 4.39. The first-order valence-electron chi connectivity index (χ1n) is 9.84. The molecule has 155 valence electrons. The highest BCUT2D eigenvalue weighted by molar-refractivity contribution is 6.02. The van der Waals surface area contributed by atoms with E-state index in [1.807, 2.05) is 12.1 Å². The molecule has 0 aromatic heterocycles. The van der Waals surface area contributed by atoms with E-state index < -0.39 is 17.1 Å². The first-order valence-corrected chi connectivity index (χ1v) is 9.84. The fraction of sp³-hybridized carbons (Fsp3) is 0.167. The number of nitrogens with one attached hydrogen (secondary N) is 2. The van der Waals surface area contributed by atoms with Crippen LogP contribution in [0.3, 0.4) is 0 Å². The summed E-state index contributed by atoms with van der Waals surface area (Å²) in [6.07, 6.45) is 1.32. The van der Waals surface area contributed by atoms with Crippen LogP contribution in [0.2, 0.25) is 0 Å². The van der Waals surface area contributed by atoms with Crippen molar-refractivity contribution < 1.29 is 23.5 Å². The van der Waals surface area contributed by atoms with Gasteiger partial charge in [-0.05, 0) is 65.9 Å². The average molecular weight is 417 g/mol. The maximum absolute atomic E-state index is 14.5. The van der Waals surface area contributed by atoms with Crippen LogP contribution in [0.5, 0.6) is 11.5 Å². The van der Waals surface area contributed by atoms with Crippen LogP contribution in [0.25, 0.3) is 11.1 Å². The number of rotatable bonds is 5. The van der Waals surface area contributed by atoms with Gasteiger partial charge in [-0.1, -0.05) is 24.3 Å². The molecule has 0 saturated heterocycles. The Morgan fingerprint density at radius 1 is 0.935 bits per heavy atom. The zero-order chi connectivity index (χ0) is 21.6. The molecule has 1 aliphatic heterocycles. The number of hydrogen-bond acceptors (Lipinski definition) is 4. The van der Waals surface area contributed by atoms with Crippen LogP contribution in [-0.4, -0.2) is 18.6 Å². The molecular formula is C24H18FN2O4. The summed E-state index contributed by atoms with van der Waals surface area (Å²) in [5.41, 5.74) is 8.97. The molecule has 7 heteroatoms. The van der Waals surface area contributed by atoms with Crippen molar-refractivity contribution in [2.45, 2.75) is 18.3 Å². The van der Waals surface area contributed by atoms with E-state index >= 15 is 0 Å². The van der Waals surface area contributed by atoms with Gasteiger partial charge >= 0.3 is 0 Å². The fourth-order valence-corrected chi connectivity index (χ4v) is 3.85. The average Bonchev–Trinajstić information content (AvgIpc) is 3.46. The number of carbonyl (C=O) groups is 2. The molecule has 1 heterocycles. The van der Waals surface area contributed by atoms with Crippen molar-refractivity contribution in [2.75, 3.05) is 12.1 Å². The van der Waals surface area contributed by atoms with Gasteiger partial charge in [-0.2, -0.15) is 0 Å². The van der Waals surface area contributed by atoms with Crippen LogP contribution in [0.15, 0.2) is 60.7 Å². The van der Waals surface area contributed by atoms with Crippen LogP contribution in [-0.2, 0) is 10.2 Å². The summed E-state index contributed by atoms with van der Waals surface area (Å²) in [5, 5.41) is 2.74. The number of amides is 2. The topological polar surface area (TPSA) is 88.4 Å². The highest BCUT2D eigenvalue weighted by Gasteiger charge is 2.51. The minimum absolute atomic E-state index is 0.0668. The van der Waals surface area contributed by atoms with Gasteiger partial charge in [-0.25, -0.2) is 4.39 Å². The molecule has 3 aromatic rings. The highest BCUT2D eigenvalue weighted by Crippen LogP contribution is 2.51. The zero-order valence-corrected chi connectivity index (χ0v) is 16.4. The van der Waals surface area contributed by atoms with E-state index in [1.165, 1.54) is 12.1 Å². The molecule has 0 unspecified atom stereocenters. The van der Waals surface area contributed by atoms with E-state index in [1.54, 1.807) is 36.4 Å². The summed E-state index contributed by atoms with van der Waals surface area (Å²) < 4.78 is 25.3. The molecule has 1 radical (unpaired) electrons. The van der Waals surface area contributed by atoms with Crippen LogP contribution < -0.4 is 20.5 Å². The molecule has 2 aliphatic rings. The number of halogens is 1. The summed E-state index contributed by atoms with van der Waals surface area (Å²) >= 11 is 0. The number of benzene rings is 3. The van der Waals surface area contributed by atoms with E-state index in [2.05, 4.69) is 5.32 Å². The molecule has 2 N–H and O–H groups in total. The Morgan fingerprint density at radius 3 is 2.48 bits per heavy atom. The van der Waals surface area contributed by atoms with Gasteiger partial charge in [0.2, 0.25) is 12.7 Å². The lowest BCUT2D eigenvalue weighted by Gasteiger charge is -2.17. The van der Waals surface area contributed by atoms with Crippen molar-refractivity contribution >= 4 is 17.5 Å². The zero-order valence-electron chi connectivity index (χ0n) is 16.4. The molecular weight excluding hydrogens is 399 g/mol. The van der Waals surface area contributed by atoms with Gasteiger partial charge in [0.1, 0.15) is 5.82 Å². The van der Waals surface area contributed by atoms with Gasteiger partial charge in [-0.15, -0.1) is 0 Å². The number of carbonyl (C=O) groups excluding carboxylic acids is 2. The summed E-state index contributed by atoms with van der Waals surface area (Å²) in [5.74, 6) is -0.374. The van der Waals surface area contributed by atoms with E-state index in [4.69, 9.17) is 15.2 Å². The van der Waals surface area contributed by atoms with Gasteiger partial charge in [0.05, 0.1) is 11.1 Å². The SMILES string of the molecule is [NH]C(=O)c1cccc(-c2ccc(F)c(NC(=O)C3(c4ccc5c(c4)OCO5)CC3)c2)c1. The van der Waals surface area contributed by atoms with Gasteiger partial charge in [-0.3, -0.25) is 15.3 Å². The minimum atomic E-state index is -0.795. The molecule has 1 fully saturated rings. The summed E-state index contributed by atoms with van der Waals surface area (Å²) in [6.45, 7) is 0.156. The van der Waals surface area contributed by atoms with E-state index in [0.717, 1.165) is 5.56 Å². The van der Waals surface area contributed by atoms with Gasteiger partial charge in [0, 0.05) is 5.56 Å². The van der Waals surface area contributed by atoms with Crippen LogP contribution in [0, 0.1) is 5.82 Å². The molecule has 6 nitrogen and oxygen atoms in total. The second kappa shape index (κ2) is 7.12. The molecule has 1 saturated carbocycles. The summed E-state index contributed by atoms with van der Waals surface area (Å²) in [6, 6.07) is 16.4. The normalized spacial score (nSPS) is 15.4. The van der Waals surface area contributed by atoms with Gasteiger partial charge in [0.15, 0.2) is 11.5 Å². The van der Waals surface area contributed by atoms with Crippen molar-refractivity contribution in [3.63, 3.8) is 0 Å². The van der Waals surface area contributed by atoms with Crippen molar-refractivity contribution in [1.29, 1.82) is 0 Å². The maximum atomic E-state index is 14.5. The smallest absolute Gasteiger partial charge is 0.269 e. The van der Waals surface area contributed by atoms with Crippen LogP contribution in [0.4, 0.5) is 10.1 Å². The molecule has 0 bridgehead atoms. The second-order valence-electron chi connectivity index (χ2n) is 7.71. The molecule has 0 spiro atoms. The lowest BCUT2D eigenvalue weighted by molar-refractivity contribution is -0.118. The monoisotopic (exact) mass is 417 g/mol. The largest absolute Gasteiger partial charge is 0.454 e. The van der Waals surface area contributed by atoms with Crippen LogP contribution in [0.1, 0.15) is 28.8 Å². The van der Waals surface area contributed by atoms with E-state index in [9.17, 15) is 14.0 Å². The van der Waals surface area contributed by atoms with E-state index in [0.29, 0.717) is 35.5 Å². The predicted octanol–water partition coefficient (Wildman–Crippen LogP) is 4.31. The predicted molar refractivity (Wildman–Crippen MR) is 111 cm³/mol. The lowest BCUT2D eigenvalue weighted by atomic mass is 9.94. The first-order chi connectivity index (χ1) is 15.0. The molecule has 0 atom stereocenters. The highest BCUT2D eigenvalue weighted by atomic mass is 19.1. The summed E-state index contributed by atoms with van der Waals surface area (Å²) in [4.78, 5) is 24.5. The standard InChI is InChI=1S/C24H18FN2O4/c25-18-6-4-15(14-2-1-3-16(10-14)22(26)28)11-19(18)27-23(29)24(8-9-24)17-5-7-20-21(12-17)31-13-30-20/h1-7,10-12,26H,8-9,13H2,(H,27,29). The molecule has 31 heavy (non-hydrogen) atoms. The first kappa shape index (κ1) is 19.1. The number of anilines is 1. The molecule has 1 aliphatic carbocycles. The summed E-state index contributed by atoms with van der Waals surface area (Å²) in [7, 11) is 0.